The van der Waals surface area contributed by atoms with E-state index in [0.717, 1.165) is 12.8 Å². The molecule has 2 fully saturated rings. The van der Waals surface area contributed by atoms with Crippen LogP contribution >= 0.6 is 0 Å². The molecule has 0 radical (unpaired) electrons. The summed E-state index contributed by atoms with van der Waals surface area (Å²) in [6.45, 7) is 6.61. The molecule has 1 heterocycles. The van der Waals surface area contributed by atoms with Gasteiger partial charge in [-0.3, -0.25) is 14.5 Å². The summed E-state index contributed by atoms with van der Waals surface area (Å²) < 4.78 is 0. The average Bonchev–Trinajstić information content (AvgIpc) is 2.61. The van der Waals surface area contributed by atoms with E-state index in [4.69, 9.17) is 0 Å². The Kier molecular flexibility index (Phi) is 6.25. The molecule has 154 valence electrons. The van der Waals surface area contributed by atoms with Gasteiger partial charge in [-0.2, -0.15) is 0 Å². The molecule has 1 aromatic carbocycles. The third-order valence-corrected chi connectivity index (χ3v) is 6.60. The molecule has 0 spiro atoms. The predicted molar refractivity (Wildman–Crippen MR) is 109 cm³/mol. The topological polar surface area (TPSA) is 77.8 Å². The van der Waals surface area contributed by atoms with Crippen LogP contribution in [0.25, 0.3) is 0 Å². The number of aliphatic hydroxyl groups is 2. The van der Waals surface area contributed by atoms with E-state index in [1.165, 1.54) is 4.90 Å². The number of benzene rings is 1. The summed E-state index contributed by atoms with van der Waals surface area (Å²) in [7, 11) is 0. The monoisotopic (exact) mass is 387 g/mol. The first kappa shape index (κ1) is 21.0. The highest BCUT2D eigenvalue weighted by atomic mass is 16.3. The number of amides is 2. The van der Waals surface area contributed by atoms with E-state index < -0.39 is 12.2 Å². The van der Waals surface area contributed by atoms with Crippen molar-refractivity contribution in [3.8, 4) is 0 Å². The summed E-state index contributed by atoms with van der Waals surface area (Å²) in [6, 6.07) is 8.98. The van der Waals surface area contributed by atoms with Gasteiger partial charge in [0.05, 0.1) is 17.9 Å². The molecule has 0 bridgehead atoms. The van der Waals surface area contributed by atoms with Crippen molar-refractivity contribution in [2.75, 3.05) is 4.90 Å². The van der Waals surface area contributed by atoms with Gasteiger partial charge in [0.1, 0.15) is 0 Å². The van der Waals surface area contributed by atoms with Gasteiger partial charge in [-0.05, 0) is 55.1 Å². The zero-order valence-corrected chi connectivity index (χ0v) is 17.2. The SMILES string of the molecule is CC(C)(C)C1CC[C@H](O)[C@H]([C@@H](O)CC2CC(=O)N(c3ccccc3)C(=O)C2)C1. The summed E-state index contributed by atoms with van der Waals surface area (Å²) in [5, 5.41) is 21.3. The molecule has 1 aliphatic carbocycles. The van der Waals surface area contributed by atoms with Crippen LogP contribution in [0.1, 0.15) is 59.3 Å². The predicted octanol–water partition coefficient (Wildman–Crippen LogP) is 3.53. The second kappa shape index (κ2) is 8.34. The number of hydrogen-bond acceptors (Lipinski definition) is 4. The molecule has 5 heteroatoms. The van der Waals surface area contributed by atoms with E-state index >= 15 is 0 Å². The van der Waals surface area contributed by atoms with Gasteiger partial charge in [0.2, 0.25) is 11.8 Å². The first-order valence-electron chi connectivity index (χ1n) is 10.4. The number of anilines is 1. The molecule has 1 saturated heterocycles. The minimum absolute atomic E-state index is 0.144. The maximum atomic E-state index is 12.6. The first-order valence-corrected chi connectivity index (χ1v) is 10.4. The molecular weight excluding hydrogens is 354 g/mol. The van der Waals surface area contributed by atoms with E-state index in [1.54, 1.807) is 12.1 Å². The van der Waals surface area contributed by atoms with Crippen molar-refractivity contribution < 1.29 is 19.8 Å². The van der Waals surface area contributed by atoms with Crippen LogP contribution in [0.4, 0.5) is 5.69 Å². The number of carbonyl (C=O) groups excluding carboxylic acids is 2. The van der Waals surface area contributed by atoms with Crippen LogP contribution in [0.15, 0.2) is 30.3 Å². The van der Waals surface area contributed by atoms with Crippen molar-refractivity contribution in [2.24, 2.45) is 23.2 Å². The second-order valence-electron chi connectivity index (χ2n) is 9.64. The Hall–Kier alpha value is -1.72. The highest BCUT2D eigenvalue weighted by molar-refractivity contribution is 6.16. The Labute approximate surface area is 167 Å². The lowest BCUT2D eigenvalue weighted by molar-refractivity contribution is -0.131. The third kappa shape index (κ3) is 4.64. The molecule has 1 aromatic rings. The Bertz CT molecular complexity index is 678. The van der Waals surface area contributed by atoms with Crippen molar-refractivity contribution in [3.05, 3.63) is 30.3 Å². The van der Waals surface area contributed by atoms with Gasteiger partial charge >= 0.3 is 0 Å². The molecule has 4 atom stereocenters. The van der Waals surface area contributed by atoms with E-state index in [-0.39, 0.29) is 41.9 Å². The highest BCUT2D eigenvalue weighted by Crippen LogP contribution is 2.42. The summed E-state index contributed by atoms with van der Waals surface area (Å²) >= 11 is 0. The quantitative estimate of drug-likeness (QED) is 0.775. The minimum Gasteiger partial charge on any atom is -0.393 e. The molecule has 3 rings (SSSR count). The first-order chi connectivity index (χ1) is 13.2. The third-order valence-electron chi connectivity index (χ3n) is 6.60. The molecule has 2 N–H and O–H groups in total. The summed E-state index contributed by atoms with van der Waals surface area (Å²) in [5.74, 6) is -0.320. The van der Waals surface area contributed by atoms with Crippen LogP contribution in [0.3, 0.4) is 0 Å². The van der Waals surface area contributed by atoms with Gasteiger partial charge in [-0.15, -0.1) is 0 Å². The Morgan fingerprint density at radius 2 is 1.68 bits per heavy atom. The molecule has 5 nitrogen and oxygen atoms in total. The Morgan fingerprint density at radius 3 is 2.25 bits per heavy atom. The van der Waals surface area contributed by atoms with Crippen molar-refractivity contribution >= 4 is 17.5 Å². The fraction of sp³-hybridized carbons (Fsp3) is 0.652. The van der Waals surface area contributed by atoms with Crippen molar-refractivity contribution in [1.82, 2.24) is 0 Å². The lowest BCUT2D eigenvalue weighted by Gasteiger charge is -2.42. The number of imide groups is 1. The van der Waals surface area contributed by atoms with E-state index in [9.17, 15) is 19.8 Å². The standard InChI is InChI=1S/C23H33NO4/c1-23(2,3)16-9-10-19(25)18(14-16)20(26)11-15-12-21(27)24(22(28)13-15)17-7-5-4-6-8-17/h4-8,15-16,18-20,25-26H,9-14H2,1-3H3/t16?,18-,19+,20+/m1/s1. The number of hydrogen-bond donors (Lipinski definition) is 2. The molecule has 2 aliphatic rings. The van der Waals surface area contributed by atoms with Crippen LogP contribution in [0.5, 0.6) is 0 Å². The maximum Gasteiger partial charge on any atom is 0.234 e. The van der Waals surface area contributed by atoms with Crippen molar-refractivity contribution in [3.63, 3.8) is 0 Å². The largest absolute Gasteiger partial charge is 0.393 e. The maximum absolute atomic E-state index is 12.6. The number of rotatable bonds is 4. The van der Waals surface area contributed by atoms with Crippen molar-refractivity contribution in [1.29, 1.82) is 0 Å². The molecule has 1 unspecified atom stereocenters. The molecule has 2 amide bonds. The number of nitrogens with zero attached hydrogens (tertiary/aromatic N) is 1. The summed E-state index contributed by atoms with van der Waals surface area (Å²) in [6.07, 6.45) is 2.16. The lowest BCUT2D eigenvalue weighted by atomic mass is 9.66. The van der Waals surface area contributed by atoms with Crippen LogP contribution in [-0.4, -0.2) is 34.2 Å². The summed E-state index contributed by atoms with van der Waals surface area (Å²) in [4.78, 5) is 26.4. The molecule has 1 saturated carbocycles. The zero-order valence-electron chi connectivity index (χ0n) is 17.2. The van der Waals surface area contributed by atoms with Gasteiger partial charge < -0.3 is 10.2 Å². The van der Waals surface area contributed by atoms with Gasteiger partial charge in [0.25, 0.3) is 0 Å². The average molecular weight is 388 g/mol. The van der Waals surface area contributed by atoms with Crippen LogP contribution in [-0.2, 0) is 9.59 Å². The van der Waals surface area contributed by atoms with E-state index in [0.29, 0.717) is 24.4 Å². The number of para-hydroxylation sites is 1. The summed E-state index contributed by atoms with van der Waals surface area (Å²) in [5.41, 5.74) is 0.748. The molecule has 28 heavy (non-hydrogen) atoms. The fourth-order valence-corrected chi connectivity index (χ4v) is 4.83. The van der Waals surface area contributed by atoms with Gasteiger partial charge in [-0.25, -0.2) is 0 Å². The van der Waals surface area contributed by atoms with Crippen LogP contribution in [0, 0.1) is 23.2 Å². The minimum atomic E-state index is -0.686. The van der Waals surface area contributed by atoms with E-state index in [2.05, 4.69) is 20.8 Å². The Morgan fingerprint density at radius 1 is 1.07 bits per heavy atom. The normalized spacial score (nSPS) is 28.5. The number of aliphatic hydroxyl groups excluding tert-OH is 2. The van der Waals surface area contributed by atoms with Crippen molar-refractivity contribution in [2.45, 2.75) is 71.5 Å². The van der Waals surface area contributed by atoms with Gasteiger partial charge in [0.15, 0.2) is 0 Å². The second-order valence-corrected chi connectivity index (χ2v) is 9.64. The van der Waals surface area contributed by atoms with Crippen LogP contribution in [0.2, 0.25) is 0 Å². The lowest BCUT2D eigenvalue weighted by Crippen LogP contribution is -2.46. The highest BCUT2D eigenvalue weighted by Gasteiger charge is 2.41. The van der Waals surface area contributed by atoms with E-state index in [1.807, 2.05) is 18.2 Å². The Balaban J connectivity index is 1.63. The number of carbonyl (C=O) groups is 2. The zero-order chi connectivity index (χ0) is 20.5. The van der Waals surface area contributed by atoms with Gasteiger partial charge in [-0.1, -0.05) is 39.0 Å². The molecular formula is C23H33NO4. The molecule has 1 aliphatic heterocycles. The number of piperidine rings is 1. The fourth-order valence-electron chi connectivity index (χ4n) is 4.83. The van der Waals surface area contributed by atoms with Crippen LogP contribution < -0.4 is 4.90 Å². The smallest absolute Gasteiger partial charge is 0.234 e. The molecule has 0 aromatic heterocycles. The van der Waals surface area contributed by atoms with Gasteiger partial charge in [0, 0.05) is 18.8 Å².